The van der Waals surface area contributed by atoms with E-state index in [9.17, 15) is 5.11 Å². The number of aliphatic hydroxyl groups is 1. The van der Waals surface area contributed by atoms with Gasteiger partial charge < -0.3 is 19.6 Å². The molecule has 4 nitrogen and oxygen atoms in total. The number of nitrogens with one attached hydrogen (secondary N) is 1. The summed E-state index contributed by atoms with van der Waals surface area (Å²) in [5.74, 6) is 0.466. The predicted octanol–water partition coefficient (Wildman–Crippen LogP) is 3.12. The van der Waals surface area contributed by atoms with E-state index >= 15 is 0 Å². The summed E-state index contributed by atoms with van der Waals surface area (Å²) in [5.41, 5.74) is 1.02. The van der Waals surface area contributed by atoms with E-state index in [1.54, 1.807) is 30.7 Å². The fourth-order valence-electron chi connectivity index (χ4n) is 1.61. The molecule has 0 aliphatic heterocycles. The minimum atomic E-state index is -0.642. The van der Waals surface area contributed by atoms with Crippen LogP contribution in [0.4, 0.5) is 0 Å². The fraction of sp³-hybridized carbons (Fsp3) is 0.286. The van der Waals surface area contributed by atoms with Crippen LogP contribution < -0.4 is 10.1 Å². The summed E-state index contributed by atoms with van der Waals surface area (Å²) in [6.45, 7) is 1.17. The summed E-state index contributed by atoms with van der Waals surface area (Å²) in [4.78, 5) is 0. The van der Waals surface area contributed by atoms with Gasteiger partial charge in [0.2, 0.25) is 0 Å². The first-order valence-electron chi connectivity index (χ1n) is 6.13. The molecule has 0 spiro atoms. The molecule has 1 aromatic carbocycles. The van der Waals surface area contributed by atoms with E-state index in [2.05, 4.69) is 5.32 Å². The van der Waals surface area contributed by atoms with Gasteiger partial charge in [-0.3, -0.25) is 0 Å². The van der Waals surface area contributed by atoms with Crippen molar-refractivity contribution >= 4 is 23.2 Å². The maximum Gasteiger partial charge on any atom is 0.139 e. The molecule has 1 unspecified atom stereocenters. The quantitative estimate of drug-likeness (QED) is 0.824. The Morgan fingerprint density at radius 2 is 2.15 bits per heavy atom. The molecular weight excluding hydrogens is 301 g/mol. The van der Waals surface area contributed by atoms with Crippen LogP contribution in [0.3, 0.4) is 0 Å². The number of furan rings is 1. The molecule has 108 valence electrons. The van der Waals surface area contributed by atoms with Crippen LogP contribution in [0.5, 0.6) is 5.75 Å². The lowest BCUT2D eigenvalue weighted by molar-refractivity contribution is 0.106. The van der Waals surface area contributed by atoms with Crippen molar-refractivity contribution in [2.24, 2.45) is 0 Å². The van der Waals surface area contributed by atoms with Crippen molar-refractivity contribution in [2.75, 3.05) is 13.2 Å². The van der Waals surface area contributed by atoms with Crippen molar-refractivity contribution < 1.29 is 14.3 Å². The Balaban J connectivity index is 1.71. The second-order valence-corrected chi connectivity index (χ2v) is 5.15. The highest BCUT2D eigenvalue weighted by molar-refractivity contribution is 6.34. The van der Waals surface area contributed by atoms with E-state index in [0.29, 0.717) is 28.9 Å². The van der Waals surface area contributed by atoms with Gasteiger partial charge in [0.25, 0.3) is 0 Å². The topological polar surface area (TPSA) is 54.6 Å². The van der Waals surface area contributed by atoms with Crippen LogP contribution in [0.2, 0.25) is 10.0 Å². The number of ether oxygens (including phenoxy) is 1. The first kappa shape index (κ1) is 15.2. The van der Waals surface area contributed by atoms with Gasteiger partial charge in [-0.25, -0.2) is 0 Å². The number of benzene rings is 1. The Morgan fingerprint density at radius 3 is 2.90 bits per heavy atom. The Labute approximate surface area is 127 Å². The highest BCUT2D eigenvalue weighted by atomic mass is 35.5. The minimum Gasteiger partial charge on any atom is -0.489 e. The van der Waals surface area contributed by atoms with Crippen molar-refractivity contribution in [3.8, 4) is 5.75 Å². The van der Waals surface area contributed by atoms with E-state index in [1.807, 2.05) is 6.07 Å². The lowest BCUT2D eigenvalue weighted by Crippen LogP contribution is -2.31. The molecule has 0 aliphatic carbocycles. The van der Waals surface area contributed by atoms with E-state index in [0.717, 1.165) is 5.56 Å². The maximum atomic E-state index is 9.81. The van der Waals surface area contributed by atoms with Gasteiger partial charge in [0.15, 0.2) is 0 Å². The van der Waals surface area contributed by atoms with Crippen molar-refractivity contribution in [3.63, 3.8) is 0 Å². The molecule has 0 saturated heterocycles. The molecule has 1 heterocycles. The smallest absolute Gasteiger partial charge is 0.139 e. The molecule has 0 aliphatic rings. The van der Waals surface area contributed by atoms with Crippen LogP contribution in [-0.2, 0) is 6.54 Å². The summed E-state index contributed by atoms with van der Waals surface area (Å²) < 4.78 is 10.4. The van der Waals surface area contributed by atoms with Crippen molar-refractivity contribution in [1.29, 1.82) is 0 Å². The summed E-state index contributed by atoms with van der Waals surface area (Å²) in [6.07, 6.45) is 2.62. The van der Waals surface area contributed by atoms with Crippen LogP contribution in [-0.4, -0.2) is 24.4 Å². The highest BCUT2D eigenvalue weighted by Gasteiger charge is 2.08. The Bertz CT molecular complexity index is 531. The van der Waals surface area contributed by atoms with Gasteiger partial charge in [-0.15, -0.1) is 0 Å². The number of rotatable bonds is 7. The zero-order valence-electron chi connectivity index (χ0n) is 10.7. The summed E-state index contributed by atoms with van der Waals surface area (Å²) in [7, 11) is 0. The molecule has 0 amide bonds. The summed E-state index contributed by atoms with van der Waals surface area (Å²) >= 11 is 11.8. The molecule has 20 heavy (non-hydrogen) atoms. The monoisotopic (exact) mass is 315 g/mol. The molecule has 0 bridgehead atoms. The first-order valence-corrected chi connectivity index (χ1v) is 6.88. The third-order valence-electron chi connectivity index (χ3n) is 2.61. The number of halogens is 2. The maximum absolute atomic E-state index is 9.81. The highest BCUT2D eigenvalue weighted by Crippen LogP contribution is 2.27. The normalized spacial score (nSPS) is 12.3. The van der Waals surface area contributed by atoms with E-state index in [4.69, 9.17) is 32.4 Å². The van der Waals surface area contributed by atoms with Crippen LogP contribution in [0.1, 0.15) is 5.56 Å². The molecule has 2 N–H and O–H groups in total. The average Bonchev–Trinajstić information content (AvgIpc) is 2.93. The zero-order valence-corrected chi connectivity index (χ0v) is 12.2. The molecule has 0 fully saturated rings. The molecule has 0 radical (unpaired) electrons. The van der Waals surface area contributed by atoms with Gasteiger partial charge in [0, 0.05) is 29.7 Å². The third kappa shape index (κ3) is 4.72. The lowest BCUT2D eigenvalue weighted by Gasteiger charge is -2.14. The Hall–Kier alpha value is -1.20. The predicted molar refractivity (Wildman–Crippen MR) is 78.4 cm³/mol. The van der Waals surface area contributed by atoms with Gasteiger partial charge in [-0.2, -0.15) is 0 Å². The average molecular weight is 316 g/mol. The summed E-state index contributed by atoms with van der Waals surface area (Å²) in [6, 6.07) is 6.82. The molecule has 2 aromatic rings. The number of hydrogen-bond donors (Lipinski definition) is 2. The van der Waals surface area contributed by atoms with Crippen LogP contribution >= 0.6 is 23.2 Å². The van der Waals surface area contributed by atoms with Gasteiger partial charge in [0.05, 0.1) is 17.5 Å². The Kier molecular flexibility index (Phi) is 5.73. The lowest BCUT2D eigenvalue weighted by atomic mass is 10.3. The van der Waals surface area contributed by atoms with Gasteiger partial charge in [0.1, 0.15) is 18.5 Å². The van der Waals surface area contributed by atoms with Gasteiger partial charge in [-0.05, 0) is 18.2 Å². The second kappa shape index (κ2) is 7.55. The van der Waals surface area contributed by atoms with Crippen LogP contribution in [0.15, 0.2) is 41.2 Å². The Morgan fingerprint density at radius 1 is 1.30 bits per heavy atom. The SMILES string of the molecule is OC(CNCc1ccoc1)COc1cc(Cl)ccc1Cl. The number of aliphatic hydroxyl groups excluding tert-OH is 1. The van der Waals surface area contributed by atoms with Crippen molar-refractivity contribution in [3.05, 3.63) is 52.4 Å². The van der Waals surface area contributed by atoms with Crippen molar-refractivity contribution in [2.45, 2.75) is 12.6 Å². The van der Waals surface area contributed by atoms with E-state index in [1.165, 1.54) is 0 Å². The fourth-order valence-corrected chi connectivity index (χ4v) is 1.94. The van der Waals surface area contributed by atoms with Crippen molar-refractivity contribution in [1.82, 2.24) is 5.32 Å². The molecular formula is C14H15Cl2NO3. The zero-order chi connectivity index (χ0) is 14.4. The molecule has 1 atom stereocenters. The molecule has 2 rings (SSSR count). The third-order valence-corrected chi connectivity index (χ3v) is 3.16. The standard InChI is InChI=1S/C14H15Cl2NO3/c15-11-1-2-13(16)14(5-11)20-9-12(18)7-17-6-10-3-4-19-8-10/h1-5,8,12,17-18H,6-7,9H2. The van der Waals surface area contributed by atoms with Gasteiger partial charge >= 0.3 is 0 Å². The molecule has 6 heteroatoms. The van der Waals surface area contributed by atoms with E-state index in [-0.39, 0.29) is 6.61 Å². The first-order chi connectivity index (χ1) is 9.65. The summed E-state index contributed by atoms with van der Waals surface area (Å²) in [5, 5.41) is 13.9. The molecule has 0 saturated carbocycles. The largest absolute Gasteiger partial charge is 0.489 e. The van der Waals surface area contributed by atoms with Gasteiger partial charge in [-0.1, -0.05) is 23.2 Å². The van der Waals surface area contributed by atoms with Crippen LogP contribution in [0, 0.1) is 0 Å². The van der Waals surface area contributed by atoms with Crippen LogP contribution in [0.25, 0.3) is 0 Å². The molecule has 1 aromatic heterocycles. The van der Waals surface area contributed by atoms with E-state index < -0.39 is 6.10 Å². The number of hydrogen-bond acceptors (Lipinski definition) is 4. The second-order valence-electron chi connectivity index (χ2n) is 4.30. The minimum absolute atomic E-state index is 0.137.